The van der Waals surface area contributed by atoms with E-state index >= 15 is 0 Å². The van der Waals surface area contributed by atoms with Crippen molar-refractivity contribution in [3.05, 3.63) is 70.2 Å². The van der Waals surface area contributed by atoms with Gasteiger partial charge < -0.3 is 5.32 Å². The van der Waals surface area contributed by atoms with Crippen LogP contribution in [0, 0.1) is 3.57 Å². The zero-order chi connectivity index (χ0) is 14.7. The molecule has 0 aliphatic carbocycles. The number of nitrogens with zero attached hydrogens (tertiary/aromatic N) is 3. The Kier molecular flexibility index (Phi) is 3.96. The molecule has 5 nitrogen and oxygen atoms in total. The fourth-order valence-corrected chi connectivity index (χ4v) is 2.54. The van der Waals surface area contributed by atoms with Crippen LogP contribution in [0.1, 0.15) is 10.4 Å². The lowest BCUT2D eigenvalue weighted by Gasteiger charge is -2.10. The number of pyridine rings is 1. The van der Waals surface area contributed by atoms with Gasteiger partial charge in [0.2, 0.25) is 0 Å². The van der Waals surface area contributed by atoms with Crippen LogP contribution in [0.5, 0.6) is 0 Å². The average Bonchev–Trinajstić information content (AvgIpc) is 3.02. The number of carbonyl (C=O) groups excluding carboxylic acids is 1. The lowest BCUT2D eigenvalue weighted by Crippen LogP contribution is -2.15. The SMILES string of the molecule is O=C(Nc1cccnc1-n1cccn1)c1ccccc1I. The van der Waals surface area contributed by atoms with Crippen molar-refractivity contribution in [1.82, 2.24) is 14.8 Å². The highest BCUT2D eigenvalue weighted by atomic mass is 127. The maximum Gasteiger partial charge on any atom is 0.256 e. The standard InChI is InChI=1S/C15H11IN4O/c16-12-6-2-1-5-11(12)15(21)19-13-7-3-8-17-14(13)20-10-4-9-18-20/h1-10H,(H,19,21). The molecule has 1 N–H and O–H groups in total. The van der Waals surface area contributed by atoms with Crippen LogP contribution in [-0.4, -0.2) is 20.7 Å². The van der Waals surface area contributed by atoms with Crippen molar-refractivity contribution in [2.75, 3.05) is 5.32 Å². The zero-order valence-corrected chi connectivity index (χ0v) is 13.1. The van der Waals surface area contributed by atoms with Gasteiger partial charge in [0.1, 0.15) is 0 Å². The second-order valence-corrected chi connectivity index (χ2v) is 5.42. The molecule has 0 aliphatic heterocycles. The summed E-state index contributed by atoms with van der Waals surface area (Å²) in [6.07, 6.45) is 5.11. The van der Waals surface area contributed by atoms with Gasteiger partial charge in [-0.25, -0.2) is 9.67 Å². The number of amides is 1. The molecule has 0 bridgehead atoms. The summed E-state index contributed by atoms with van der Waals surface area (Å²) >= 11 is 2.14. The molecule has 0 atom stereocenters. The van der Waals surface area contributed by atoms with Crippen molar-refractivity contribution in [1.29, 1.82) is 0 Å². The van der Waals surface area contributed by atoms with Gasteiger partial charge in [0.05, 0.1) is 11.3 Å². The molecule has 1 aromatic carbocycles. The van der Waals surface area contributed by atoms with E-state index in [1.165, 1.54) is 0 Å². The van der Waals surface area contributed by atoms with E-state index < -0.39 is 0 Å². The van der Waals surface area contributed by atoms with Crippen molar-refractivity contribution in [2.45, 2.75) is 0 Å². The van der Waals surface area contributed by atoms with E-state index in [-0.39, 0.29) is 5.91 Å². The number of benzene rings is 1. The summed E-state index contributed by atoms with van der Waals surface area (Å²) < 4.78 is 2.52. The second-order valence-electron chi connectivity index (χ2n) is 4.26. The molecule has 21 heavy (non-hydrogen) atoms. The minimum atomic E-state index is -0.165. The molecule has 0 saturated carbocycles. The molecule has 0 aliphatic rings. The molecule has 0 saturated heterocycles. The van der Waals surface area contributed by atoms with Gasteiger partial charge in [0.15, 0.2) is 5.82 Å². The molecule has 6 heteroatoms. The van der Waals surface area contributed by atoms with Crippen LogP contribution in [0.15, 0.2) is 61.1 Å². The van der Waals surface area contributed by atoms with Crippen LogP contribution < -0.4 is 5.32 Å². The van der Waals surface area contributed by atoms with Crippen molar-refractivity contribution < 1.29 is 4.79 Å². The van der Waals surface area contributed by atoms with Crippen molar-refractivity contribution in [3.63, 3.8) is 0 Å². The van der Waals surface area contributed by atoms with Gasteiger partial charge in [0.25, 0.3) is 5.91 Å². The van der Waals surface area contributed by atoms with Gasteiger partial charge in [-0.05, 0) is 52.9 Å². The minimum Gasteiger partial charge on any atom is -0.319 e. The van der Waals surface area contributed by atoms with E-state index in [0.717, 1.165) is 3.57 Å². The van der Waals surface area contributed by atoms with Crippen LogP contribution in [0.25, 0.3) is 5.82 Å². The maximum absolute atomic E-state index is 12.4. The predicted molar refractivity (Wildman–Crippen MR) is 88.5 cm³/mol. The predicted octanol–water partition coefficient (Wildman–Crippen LogP) is 3.12. The molecule has 0 spiro atoms. The topological polar surface area (TPSA) is 59.8 Å². The summed E-state index contributed by atoms with van der Waals surface area (Å²) in [7, 11) is 0. The molecule has 104 valence electrons. The van der Waals surface area contributed by atoms with Crippen molar-refractivity contribution in [2.24, 2.45) is 0 Å². The summed E-state index contributed by atoms with van der Waals surface area (Å²) in [5, 5.41) is 7.03. The Hall–Kier alpha value is -2.22. The summed E-state index contributed by atoms with van der Waals surface area (Å²) in [4.78, 5) is 16.7. The molecular weight excluding hydrogens is 379 g/mol. The van der Waals surface area contributed by atoms with Gasteiger partial charge in [-0.2, -0.15) is 5.10 Å². The monoisotopic (exact) mass is 390 g/mol. The first-order chi connectivity index (χ1) is 10.3. The zero-order valence-electron chi connectivity index (χ0n) is 10.9. The number of nitrogens with one attached hydrogen (secondary N) is 1. The van der Waals surface area contributed by atoms with Crippen LogP contribution in [0.2, 0.25) is 0 Å². The fraction of sp³-hybridized carbons (Fsp3) is 0. The summed E-state index contributed by atoms with van der Waals surface area (Å²) in [6, 6.07) is 12.8. The van der Waals surface area contributed by atoms with Crippen LogP contribution in [0.4, 0.5) is 5.69 Å². The van der Waals surface area contributed by atoms with E-state index in [0.29, 0.717) is 17.1 Å². The first-order valence-electron chi connectivity index (χ1n) is 6.26. The average molecular weight is 390 g/mol. The number of rotatable bonds is 3. The molecular formula is C15H11IN4O. The Bertz CT molecular complexity index is 771. The Labute approximate surface area is 135 Å². The number of hydrogen-bond donors (Lipinski definition) is 1. The fourth-order valence-electron chi connectivity index (χ4n) is 1.91. The molecule has 0 radical (unpaired) electrons. The smallest absolute Gasteiger partial charge is 0.256 e. The third-order valence-electron chi connectivity index (χ3n) is 2.87. The van der Waals surface area contributed by atoms with E-state index in [4.69, 9.17) is 0 Å². The number of anilines is 1. The molecule has 2 heterocycles. The Morgan fingerprint density at radius 2 is 1.95 bits per heavy atom. The third kappa shape index (κ3) is 2.94. The van der Waals surface area contributed by atoms with Gasteiger partial charge >= 0.3 is 0 Å². The van der Waals surface area contributed by atoms with E-state index in [1.54, 1.807) is 47.5 Å². The quantitative estimate of drug-likeness (QED) is 0.700. The summed E-state index contributed by atoms with van der Waals surface area (Å²) in [6.45, 7) is 0. The van der Waals surface area contributed by atoms with Gasteiger partial charge in [-0.1, -0.05) is 12.1 Å². The van der Waals surface area contributed by atoms with Crippen molar-refractivity contribution in [3.8, 4) is 5.82 Å². The lowest BCUT2D eigenvalue weighted by molar-refractivity contribution is 0.102. The highest BCUT2D eigenvalue weighted by Crippen LogP contribution is 2.19. The molecule has 3 rings (SSSR count). The Balaban J connectivity index is 1.93. The van der Waals surface area contributed by atoms with E-state index in [9.17, 15) is 4.79 Å². The first-order valence-corrected chi connectivity index (χ1v) is 7.34. The van der Waals surface area contributed by atoms with Crippen LogP contribution >= 0.6 is 22.6 Å². The highest BCUT2D eigenvalue weighted by Gasteiger charge is 2.13. The summed E-state index contributed by atoms with van der Waals surface area (Å²) in [5.41, 5.74) is 1.25. The van der Waals surface area contributed by atoms with Crippen LogP contribution in [-0.2, 0) is 0 Å². The van der Waals surface area contributed by atoms with E-state index in [2.05, 4.69) is 38.0 Å². The number of aromatic nitrogens is 3. The largest absolute Gasteiger partial charge is 0.319 e. The normalized spacial score (nSPS) is 10.3. The lowest BCUT2D eigenvalue weighted by atomic mass is 10.2. The van der Waals surface area contributed by atoms with Crippen LogP contribution in [0.3, 0.4) is 0 Å². The van der Waals surface area contributed by atoms with Crippen molar-refractivity contribution >= 4 is 34.2 Å². The molecule has 2 aromatic heterocycles. The summed E-state index contributed by atoms with van der Waals surface area (Å²) in [5.74, 6) is 0.420. The van der Waals surface area contributed by atoms with Gasteiger partial charge in [0, 0.05) is 22.2 Å². The molecule has 3 aromatic rings. The molecule has 0 unspecified atom stereocenters. The second kappa shape index (κ2) is 6.04. The molecule has 1 amide bonds. The highest BCUT2D eigenvalue weighted by molar-refractivity contribution is 14.1. The third-order valence-corrected chi connectivity index (χ3v) is 3.82. The Morgan fingerprint density at radius 1 is 1.10 bits per heavy atom. The Morgan fingerprint density at radius 3 is 2.71 bits per heavy atom. The van der Waals surface area contributed by atoms with E-state index in [1.807, 2.05) is 18.2 Å². The number of carbonyl (C=O) groups is 1. The first kappa shape index (κ1) is 13.7. The molecule has 0 fully saturated rings. The number of hydrogen-bond acceptors (Lipinski definition) is 3. The minimum absolute atomic E-state index is 0.165. The maximum atomic E-state index is 12.4. The van der Waals surface area contributed by atoms with Gasteiger partial charge in [-0.15, -0.1) is 0 Å². The number of halogens is 1. The van der Waals surface area contributed by atoms with Gasteiger partial charge in [-0.3, -0.25) is 4.79 Å².